The van der Waals surface area contributed by atoms with E-state index in [1.165, 1.54) is 5.57 Å². The Morgan fingerprint density at radius 2 is 2.26 bits per heavy atom. The minimum atomic E-state index is -0.131. The summed E-state index contributed by atoms with van der Waals surface area (Å²) < 4.78 is 5.23. The second kappa shape index (κ2) is 8.46. The van der Waals surface area contributed by atoms with Crippen LogP contribution in [-0.2, 0) is 16.1 Å². The fraction of sp³-hybridized carbons (Fsp3) is 0.500. The van der Waals surface area contributed by atoms with Crippen LogP contribution < -0.4 is 0 Å². The zero-order chi connectivity index (χ0) is 14.1. The second-order valence-electron chi connectivity index (χ2n) is 5.19. The first kappa shape index (κ1) is 15.4. The molecule has 0 fully saturated rings. The Hall–Kier alpha value is -1.64. The molecule has 1 unspecified atom stereocenters. The van der Waals surface area contributed by atoms with Crippen LogP contribution in [-0.4, -0.2) is 11.0 Å². The molecule has 1 atom stereocenters. The molecule has 3 heteroatoms. The summed E-state index contributed by atoms with van der Waals surface area (Å²) in [6.45, 7) is 6.58. The Kier molecular flexibility index (Phi) is 6.86. The summed E-state index contributed by atoms with van der Waals surface area (Å²) in [5, 5.41) is 0. The maximum Gasteiger partial charge on any atom is 0.306 e. The van der Waals surface area contributed by atoms with Gasteiger partial charge in [-0.1, -0.05) is 24.6 Å². The summed E-state index contributed by atoms with van der Waals surface area (Å²) in [7, 11) is 0. The summed E-state index contributed by atoms with van der Waals surface area (Å²) in [4.78, 5) is 15.6. The van der Waals surface area contributed by atoms with Crippen LogP contribution in [0.25, 0.3) is 0 Å². The van der Waals surface area contributed by atoms with Gasteiger partial charge in [0.05, 0.1) is 0 Å². The van der Waals surface area contributed by atoms with E-state index in [1.54, 1.807) is 12.4 Å². The number of hydrogen-bond acceptors (Lipinski definition) is 3. The summed E-state index contributed by atoms with van der Waals surface area (Å²) in [6, 6.07) is 3.74. The van der Waals surface area contributed by atoms with Gasteiger partial charge in [0.15, 0.2) is 0 Å². The van der Waals surface area contributed by atoms with Crippen LogP contribution in [0, 0.1) is 5.92 Å². The van der Waals surface area contributed by atoms with Crippen molar-refractivity contribution in [3.05, 3.63) is 41.7 Å². The van der Waals surface area contributed by atoms with E-state index in [1.807, 2.05) is 12.1 Å². The van der Waals surface area contributed by atoms with Crippen molar-refractivity contribution >= 4 is 5.97 Å². The molecule has 1 aromatic heterocycles. The Bertz CT molecular complexity index is 408. The fourth-order valence-electron chi connectivity index (χ4n) is 1.75. The smallest absolute Gasteiger partial charge is 0.306 e. The Labute approximate surface area is 115 Å². The molecule has 0 spiro atoms. The Morgan fingerprint density at radius 1 is 1.47 bits per heavy atom. The molecule has 0 saturated heterocycles. The number of carbonyl (C=O) groups excluding carboxylic acids is 1. The first-order valence-corrected chi connectivity index (χ1v) is 6.76. The SMILES string of the molecule is CC(C)=CCCC(C)CC(=O)OCc1cccnc1. The summed E-state index contributed by atoms with van der Waals surface area (Å²) in [5.41, 5.74) is 2.25. The van der Waals surface area contributed by atoms with Gasteiger partial charge in [0.1, 0.15) is 6.61 Å². The van der Waals surface area contributed by atoms with Gasteiger partial charge in [0.25, 0.3) is 0 Å². The minimum Gasteiger partial charge on any atom is -0.461 e. The van der Waals surface area contributed by atoms with Crippen molar-refractivity contribution in [3.63, 3.8) is 0 Å². The summed E-state index contributed by atoms with van der Waals surface area (Å²) >= 11 is 0. The van der Waals surface area contributed by atoms with Crippen LogP contribution in [0.15, 0.2) is 36.2 Å². The molecule has 0 bridgehead atoms. The zero-order valence-electron chi connectivity index (χ0n) is 12.1. The average Bonchev–Trinajstić information content (AvgIpc) is 2.37. The molecule has 3 nitrogen and oxygen atoms in total. The number of carbonyl (C=O) groups is 1. The second-order valence-corrected chi connectivity index (χ2v) is 5.19. The number of esters is 1. The van der Waals surface area contributed by atoms with E-state index in [9.17, 15) is 4.79 Å². The number of allylic oxidation sites excluding steroid dienone is 2. The quantitative estimate of drug-likeness (QED) is 0.552. The van der Waals surface area contributed by atoms with Crippen LogP contribution >= 0.6 is 0 Å². The molecule has 0 aliphatic heterocycles. The maximum absolute atomic E-state index is 11.7. The van der Waals surface area contributed by atoms with E-state index in [2.05, 4.69) is 31.8 Å². The maximum atomic E-state index is 11.7. The lowest BCUT2D eigenvalue weighted by Crippen LogP contribution is -2.09. The third kappa shape index (κ3) is 7.39. The van der Waals surface area contributed by atoms with Crippen molar-refractivity contribution in [3.8, 4) is 0 Å². The average molecular weight is 261 g/mol. The van der Waals surface area contributed by atoms with Gasteiger partial charge >= 0.3 is 5.97 Å². The van der Waals surface area contributed by atoms with Crippen LogP contribution in [0.5, 0.6) is 0 Å². The Morgan fingerprint density at radius 3 is 2.89 bits per heavy atom. The highest BCUT2D eigenvalue weighted by Crippen LogP contribution is 2.13. The molecule has 1 aromatic rings. The zero-order valence-corrected chi connectivity index (χ0v) is 12.1. The number of hydrogen-bond donors (Lipinski definition) is 0. The predicted molar refractivity (Wildman–Crippen MR) is 76.5 cm³/mol. The molecule has 0 aliphatic carbocycles. The van der Waals surface area contributed by atoms with Gasteiger partial charge in [-0.05, 0) is 38.7 Å². The number of nitrogens with zero attached hydrogens (tertiary/aromatic N) is 1. The van der Waals surface area contributed by atoms with Crippen molar-refractivity contribution in [1.29, 1.82) is 0 Å². The highest BCUT2D eigenvalue weighted by atomic mass is 16.5. The molecule has 1 rings (SSSR count). The topological polar surface area (TPSA) is 39.2 Å². The van der Waals surface area contributed by atoms with Crippen molar-refractivity contribution in [2.75, 3.05) is 0 Å². The normalized spacial score (nSPS) is 11.7. The highest BCUT2D eigenvalue weighted by Gasteiger charge is 2.09. The predicted octanol–water partition coefficient (Wildman–Crippen LogP) is 3.90. The van der Waals surface area contributed by atoms with E-state index in [0.29, 0.717) is 18.9 Å². The molecular weight excluding hydrogens is 238 g/mol. The lowest BCUT2D eigenvalue weighted by atomic mass is 10.0. The highest BCUT2D eigenvalue weighted by molar-refractivity contribution is 5.69. The third-order valence-corrected chi connectivity index (χ3v) is 2.85. The molecule has 19 heavy (non-hydrogen) atoms. The first-order valence-electron chi connectivity index (χ1n) is 6.76. The van der Waals surface area contributed by atoms with Gasteiger partial charge in [-0.2, -0.15) is 0 Å². The van der Waals surface area contributed by atoms with E-state index in [0.717, 1.165) is 18.4 Å². The lowest BCUT2D eigenvalue weighted by molar-refractivity contribution is -0.146. The van der Waals surface area contributed by atoms with E-state index < -0.39 is 0 Å². The van der Waals surface area contributed by atoms with Gasteiger partial charge in [-0.25, -0.2) is 0 Å². The number of pyridine rings is 1. The van der Waals surface area contributed by atoms with Gasteiger partial charge in [0.2, 0.25) is 0 Å². The molecule has 104 valence electrons. The van der Waals surface area contributed by atoms with Gasteiger partial charge < -0.3 is 4.74 Å². The number of aromatic nitrogens is 1. The monoisotopic (exact) mass is 261 g/mol. The molecule has 0 amide bonds. The molecule has 0 radical (unpaired) electrons. The molecule has 0 aromatic carbocycles. The van der Waals surface area contributed by atoms with Crippen molar-refractivity contribution in [2.45, 2.75) is 46.6 Å². The standard InChI is InChI=1S/C16H23NO2/c1-13(2)6-4-7-14(3)10-16(18)19-12-15-8-5-9-17-11-15/h5-6,8-9,11,14H,4,7,10,12H2,1-3H3. The van der Waals surface area contributed by atoms with E-state index >= 15 is 0 Å². The molecule has 0 saturated carbocycles. The molecular formula is C16H23NO2. The number of rotatable bonds is 7. The van der Waals surface area contributed by atoms with Crippen LogP contribution in [0.4, 0.5) is 0 Å². The first-order chi connectivity index (χ1) is 9.08. The van der Waals surface area contributed by atoms with E-state index in [-0.39, 0.29) is 5.97 Å². The molecule has 1 heterocycles. The van der Waals surface area contributed by atoms with Crippen LogP contribution in [0.3, 0.4) is 0 Å². The lowest BCUT2D eigenvalue weighted by Gasteiger charge is -2.10. The van der Waals surface area contributed by atoms with Crippen LogP contribution in [0.2, 0.25) is 0 Å². The largest absolute Gasteiger partial charge is 0.461 e. The minimum absolute atomic E-state index is 0.131. The van der Waals surface area contributed by atoms with Gasteiger partial charge in [-0.15, -0.1) is 0 Å². The summed E-state index contributed by atoms with van der Waals surface area (Å²) in [5.74, 6) is 0.227. The van der Waals surface area contributed by atoms with Crippen molar-refractivity contribution in [2.24, 2.45) is 5.92 Å². The van der Waals surface area contributed by atoms with Gasteiger partial charge in [-0.3, -0.25) is 9.78 Å². The van der Waals surface area contributed by atoms with Crippen molar-refractivity contribution < 1.29 is 9.53 Å². The fourth-order valence-corrected chi connectivity index (χ4v) is 1.75. The van der Waals surface area contributed by atoms with Gasteiger partial charge in [0, 0.05) is 24.4 Å². The Balaban J connectivity index is 2.22. The molecule has 0 N–H and O–H groups in total. The summed E-state index contributed by atoms with van der Waals surface area (Å²) in [6.07, 6.45) is 8.16. The molecule has 0 aliphatic rings. The van der Waals surface area contributed by atoms with Crippen molar-refractivity contribution in [1.82, 2.24) is 4.98 Å². The third-order valence-electron chi connectivity index (χ3n) is 2.85. The number of ether oxygens (including phenoxy) is 1. The van der Waals surface area contributed by atoms with E-state index in [4.69, 9.17) is 4.74 Å². The van der Waals surface area contributed by atoms with Crippen LogP contribution in [0.1, 0.15) is 45.6 Å².